The highest BCUT2D eigenvalue weighted by Crippen LogP contribution is 2.30. The van der Waals surface area contributed by atoms with Crippen molar-refractivity contribution in [3.05, 3.63) is 17.9 Å². The summed E-state index contributed by atoms with van der Waals surface area (Å²) in [5.41, 5.74) is 6.15. The monoisotopic (exact) mass is 292 g/mol. The number of nitrogens with one attached hydrogen (secondary N) is 1. The minimum absolute atomic E-state index is 0.0443. The van der Waals surface area contributed by atoms with Gasteiger partial charge in [0.05, 0.1) is 18.0 Å². The molecule has 0 bridgehead atoms. The highest BCUT2D eigenvalue weighted by molar-refractivity contribution is 5.69. The Kier molecular flexibility index (Phi) is 6.44. The number of hydrogen-bond donors (Lipinski definition) is 2. The number of nitrogen functional groups attached to an aromatic ring is 1. The number of benzene rings is 1. The van der Waals surface area contributed by atoms with Crippen LogP contribution in [0.4, 0.5) is 24.5 Å². The van der Waals surface area contributed by atoms with Crippen LogP contribution >= 0.6 is 0 Å². The van der Waals surface area contributed by atoms with Crippen molar-refractivity contribution < 1.29 is 22.6 Å². The predicted molar refractivity (Wildman–Crippen MR) is 71.6 cm³/mol. The van der Waals surface area contributed by atoms with Gasteiger partial charge in [-0.05, 0) is 6.42 Å². The molecule has 20 heavy (non-hydrogen) atoms. The van der Waals surface area contributed by atoms with Crippen molar-refractivity contribution in [3.8, 4) is 5.75 Å². The van der Waals surface area contributed by atoms with E-state index < -0.39 is 18.2 Å². The summed E-state index contributed by atoms with van der Waals surface area (Å²) in [6, 6.07) is 2.04. The number of alkyl halides is 2. The van der Waals surface area contributed by atoms with Crippen molar-refractivity contribution >= 4 is 11.4 Å². The van der Waals surface area contributed by atoms with Crippen LogP contribution in [-0.4, -0.2) is 26.4 Å². The van der Waals surface area contributed by atoms with Crippen LogP contribution in [0, 0.1) is 5.82 Å². The molecule has 0 heterocycles. The molecule has 0 amide bonds. The Balaban J connectivity index is 2.92. The Morgan fingerprint density at radius 1 is 1.35 bits per heavy atom. The lowest BCUT2D eigenvalue weighted by Gasteiger charge is -2.20. The molecule has 0 radical (unpaired) electrons. The van der Waals surface area contributed by atoms with Crippen molar-refractivity contribution in [1.82, 2.24) is 0 Å². The van der Waals surface area contributed by atoms with Crippen LogP contribution in [0.2, 0.25) is 0 Å². The van der Waals surface area contributed by atoms with E-state index in [-0.39, 0.29) is 11.7 Å². The zero-order valence-electron chi connectivity index (χ0n) is 11.5. The lowest BCUT2D eigenvalue weighted by atomic mass is 10.1. The Hall–Kier alpha value is -1.63. The molecule has 1 atom stereocenters. The van der Waals surface area contributed by atoms with E-state index in [1.54, 1.807) is 7.11 Å². The van der Waals surface area contributed by atoms with Crippen LogP contribution in [0.5, 0.6) is 5.75 Å². The zero-order valence-corrected chi connectivity index (χ0v) is 11.5. The average Bonchev–Trinajstić information content (AvgIpc) is 2.35. The molecule has 1 aromatic rings. The maximum absolute atomic E-state index is 13.4. The number of anilines is 2. The minimum Gasteiger partial charge on any atom is -0.432 e. The second-order valence-corrected chi connectivity index (χ2v) is 4.33. The summed E-state index contributed by atoms with van der Waals surface area (Å²) in [4.78, 5) is 0. The van der Waals surface area contributed by atoms with Gasteiger partial charge in [-0.25, -0.2) is 4.39 Å². The summed E-state index contributed by atoms with van der Waals surface area (Å²) in [7, 11) is 1.56. The maximum Gasteiger partial charge on any atom is 0.387 e. The molecule has 4 nitrogen and oxygen atoms in total. The van der Waals surface area contributed by atoms with Crippen molar-refractivity contribution in [3.63, 3.8) is 0 Å². The van der Waals surface area contributed by atoms with Crippen LogP contribution in [0.15, 0.2) is 12.1 Å². The van der Waals surface area contributed by atoms with E-state index in [1.165, 1.54) is 0 Å². The zero-order chi connectivity index (χ0) is 15.1. The molecule has 0 fully saturated rings. The highest BCUT2D eigenvalue weighted by atomic mass is 19.3. The molecule has 0 saturated carbocycles. The molecule has 1 unspecified atom stereocenters. The first-order valence-corrected chi connectivity index (χ1v) is 6.27. The van der Waals surface area contributed by atoms with E-state index in [0.717, 1.165) is 25.0 Å². The molecule has 0 aliphatic heterocycles. The molecule has 1 rings (SSSR count). The van der Waals surface area contributed by atoms with Gasteiger partial charge in [-0.15, -0.1) is 0 Å². The number of methoxy groups -OCH3 is 1. The van der Waals surface area contributed by atoms with E-state index in [9.17, 15) is 13.2 Å². The fraction of sp³-hybridized carbons (Fsp3) is 0.538. The van der Waals surface area contributed by atoms with E-state index in [4.69, 9.17) is 10.5 Å². The van der Waals surface area contributed by atoms with Gasteiger partial charge in [0, 0.05) is 25.3 Å². The third-order valence-electron chi connectivity index (χ3n) is 2.68. The minimum atomic E-state index is -3.09. The van der Waals surface area contributed by atoms with Crippen LogP contribution in [0.1, 0.15) is 19.8 Å². The van der Waals surface area contributed by atoms with Crippen LogP contribution in [0.25, 0.3) is 0 Å². The number of rotatable bonds is 8. The molecule has 114 valence electrons. The molecular weight excluding hydrogens is 273 g/mol. The Bertz CT molecular complexity index is 424. The van der Waals surface area contributed by atoms with Gasteiger partial charge >= 0.3 is 6.61 Å². The molecule has 0 aliphatic carbocycles. The average molecular weight is 292 g/mol. The fourth-order valence-corrected chi connectivity index (χ4v) is 1.85. The summed E-state index contributed by atoms with van der Waals surface area (Å²) in [6.07, 6.45) is 1.71. The normalized spacial score (nSPS) is 12.5. The van der Waals surface area contributed by atoms with Gasteiger partial charge < -0.3 is 20.5 Å². The van der Waals surface area contributed by atoms with E-state index >= 15 is 0 Å². The van der Waals surface area contributed by atoms with Crippen molar-refractivity contribution in [2.24, 2.45) is 0 Å². The summed E-state index contributed by atoms with van der Waals surface area (Å²) >= 11 is 0. The largest absolute Gasteiger partial charge is 0.432 e. The molecule has 3 N–H and O–H groups in total. The number of hydrogen-bond acceptors (Lipinski definition) is 4. The maximum atomic E-state index is 13.4. The van der Waals surface area contributed by atoms with Gasteiger partial charge in [0.25, 0.3) is 0 Å². The van der Waals surface area contributed by atoms with Gasteiger partial charge in [0.2, 0.25) is 0 Å². The van der Waals surface area contributed by atoms with Crippen molar-refractivity contribution in [1.29, 1.82) is 0 Å². The first-order chi connectivity index (χ1) is 9.47. The molecule has 0 aliphatic rings. The van der Waals surface area contributed by atoms with Crippen molar-refractivity contribution in [2.45, 2.75) is 32.4 Å². The van der Waals surface area contributed by atoms with E-state index in [2.05, 4.69) is 10.1 Å². The summed E-state index contributed by atoms with van der Waals surface area (Å²) in [6.45, 7) is -0.661. The summed E-state index contributed by atoms with van der Waals surface area (Å²) < 4.78 is 47.0. The van der Waals surface area contributed by atoms with Crippen LogP contribution in [0.3, 0.4) is 0 Å². The molecular formula is C13H19F3N2O2. The van der Waals surface area contributed by atoms with Gasteiger partial charge in [-0.2, -0.15) is 8.78 Å². The second kappa shape index (κ2) is 7.84. The van der Waals surface area contributed by atoms with Crippen LogP contribution in [-0.2, 0) is 4.74 Å². The smallest absolute Gasteiger partial charge is 0.387 e. The van der Waals surface area contributed by atoms with Crippen molar-refractivity contribution in [2.75, 3.05) is 24.8 Å². The first kappa shape index (κ1) is 16.4. The lowest BCUT2D eigenvalue weighted by Crippen LogP contribution is -2.25. The van der Waals surface area contributed by atoms with E-state index in [1.807, 2.05) is 6.92 Å². The topological polar surface area (TPSA) is 56.5 Å². The summed E-state index contributed by atoms with van der Waals surface area (Å²) in [5.74, 6) is -1.46. The SMILES string of the molecule is CCCC(COC)Nc1cc(OC(F)F)c(F)cc1N. The molecule has 1 aromatic carbocycles. The van der Waals surface area contributed by atoms with Gasteiger partial charge in [0.15, 0.2) is 11.6 Å². The second-order valence-electron chi connectivity index (χ2n) is 4.33. The van der Waals surface area contributed by atoms with Crippen LogP contribution < -0.4 is 15.8 Å². The molecule has 0 spiro atoms. The first-order valence-electron chi connectivity index (χ1n) is 6.27. The third-order valence-corrected chi connectivity index (χ3v) is 2.68. The fourth-order valence-electron chi connectivity index (χ4n) is 1.85. The molecule has 7 heteroatoms. The molecule has 0 aromatic heterocycles. The lowest BCUT2D eigenvalue weighted by molar-refractivity contribution is -0.0521. The van der Waals surface area contributed by atoms with E-state index in [0.29, 0.717) is 12.3 Å². The Morgan fingerprint density at radius 2 is 2.05 bits per heavy atom. The number of ether oxygens (including phenoxy) is 2. The third kappa shape index (κ3) is 4.80. The van der Waals surface area contributed by atoms with Gasteiger partial charge in [0.1, 0.15) is 0 Å². The highest BCUT2D eigenvalue weighted by Gasteiger charge is 2.15. The standard InChI is InChI=1S/C13H19F3N2O2/c1-3-4-8(7-19-2)18-11-6-12(20-13(15)16)9(14)5-10(11)17/h5-6,8,13,18H,3-4,7,17H2,1-2H3. The summed E-state index contributed by atoms with van der Waals surface area (Å²) in [5, 5.41) is 3.05. The molecule has 0 saturated heterocycles. The quantitative estimate of drug-likeness (QED) is 0.722. The van der Waals surface area contributed by atoms with Gasteiger partial charge in [-0.1, -0.05) is 13.3 Å². The predicted octanol–water partition coefficient (Wildman–Crippen LogP) is 3.24. The Morgan fingerprint density at radius 3 is 2.60 bits per heavy atom. The number of nitrogens with two attached hydrogens (primary N) is 1. The van der Waals surface area contributed by atoms with Gasteiger partial charge in [-0.3, -0.25) is 0 Å². The number of halogens is 3. The Labute approximate surface area is 116 Å².